The van der Waals surface area contributed by atoms with E-state index in [0.29, 0.717) is 11.6 Å². The Morgan fingerprint density at radius 1 is 1.31 bits per heavy atom. The Hall–Kier alpha value is -0.860. The third-order valence-electron chi connectivity index (χ3n) is 3.94. The van der Waals surface area contributed by atoms with Gasteiger partial charge in [-0.15, -0.1) is 0 Å². The lowest BCUT2D eigenvalue weighted by molar-refractivity contribution is 0.240. The lowest BCUT2D eigenvalue weighted by Gasteiger charge is -2.28. The van der Waals surface area contributed by atoms with Crippen molar-refractivity contribution in [2.75, 3.05) is 20.1 Å². The highest BCUT2D eigenvalue weighted by molar-refractivity contribution is 5.19. The highest BCUT2D eigenvalue weighted by Gasteiger charge is 2.34. The van der Waals surface area contributed by atoms with E-state index in [4.69, 9.17) is 0 Å². The number of nitrogens with one attached hydrogen (secondary N) is 1. The molecule has 16 heavy (non-hydrogen) atoms. The first-order valence-electron chi connectivity index (χ1n) is 6.12. The van der Waals surface area contributed by atoms with Crippen LogP contribution in [0.1, 0.15) is 31.9 Å². The summed E-state index contributed by atoms with van der Waals surface area (Å²) in [5, 5.41) is 3.43. The third-order valence-corrected chi connectivity index (χ3v) is 3.94. The van der Waals surface area contributed by atoms with Gasteiger partial charge in [-0.1, -0.05) is 30.3 Å². The summed E-state index contributed by atoms with van der Waals surface area (Å²) in [5.41, 5.74) is 1.71. The van der Waals surface area contributed by atoms with Crippen molar-refractivity contribution >= 4 is 0 Å². The molecule has 1 aliphatic rings. The standard InChI is InChI=1S/C14H22N2/c1-12(13-7-5-4-6-8-13)16-10-9-14(2,11-16)15-3/h4-8,12,15H,9-11H2,1-3H3. The zero-order chi connectivity index (χ0) is 11.6. The van der Waals surface area contributed by atoms with Crippen LogP contribution in [0.15, 0.2) is 30.3 Å². The smallest absolute Gasteiger partial charge is 0.0320 e. The number of likely N-dealkylation sites (N-methyl/N-ethyl adjacent to an activating group) is 1. The average molecular weight is 218 g/mol. The van der Waals surface area contributed by atoms with Gasteiger partial charge in [-0.25, -0.2) is 0 Å². The molecule has 0 saturated carbocycles. The van der Waals surface area contributed by atoms with E-state index in [9.17, 15) is 0 Å². The van der Waals surface area contributed by atoms with E-state index >= 15 is 0 Å². The van der Waals surface area contributed by atoms with Gasteiger partial charge >= 0.3 is 0 Å². The lowest BCUT2D eigenvalue weighted by atomic mass is 10.0. The zero-order valence-corrected chi connectivity index (χ0v) is 10.5. The Balaban J connectivity index is 2.05. The van der Waals surface area contributed by atoms with Crippen molar-refractivity contribution in [2.45, 2.75) is 31.8 Å². The highest BCUT2D eigenvalue weighted by atomic mass is 15.2. The van der Waals surface area contributed by atoms with Crippen LogP contribution in [0.25, 0.3) is 0 Å². The van der Waals surface area contributed by atoms with Crippen LogP contribution in [0.2, 0.25) is 0 Å². The van der Waals surface area contributed by atoms with Gasteiger partial charge in [0.2, 0.25) is 0 Å². The van der Waals surface area contributed by atoms with Gasteiger partial charge < -0.3 is 5.32 Å². The molecule has 1 aromatic carbocycles. The van der Waals surface area contributed by atoms with E-state index in [1.54, 1.807) is 0 Å². The van der Waals surface area contributed by atoms with E-state index in [1.807, 2.05) is 0 Å². The van der Waals surface area contributed by atoms with E-state index in [0.717, 1.165) is 6.54 Å². The fourth-order valence-electron chi connectivity index (χ4n) is 2.47. The van der Waals surface area contributed by atoms with Crippen LogP contribution in [0.3, 0.4) is 0 Å². The van der Waals surface area contributed by atoms with Gasteiger partial charge in [0.05, 0.1) is 0 Å². The minimum absolute atomic E-state index is 0.295. The van der Waals surface area contributed by atoms with Crippen molar-refractivity contribution in [3.63, 3.8) is 0 Å². The molecule has 2 atom stereocenters. The van der Waals surface area contributed by atoms with Gasteiger partial charge in [0.15, 0.2) is 0 Å². The molecule has 1 saturated heterocycles. The van der Waals surface area contributed by atoms with Gasteiger partial charge in [0.1, 0.15) is 0 Å². The second kappa shape index (κ2) is 4.56. The first kappa shape index (κ1) is 11.6. The zero-order valence-electron chi connectivity index (χ0n) is 10.5. The molecule has 1 aliphatic heterocycles. The SMILES string of the molecule is CNC1(C)CCN(C(C)c2ccccc2)C1. The maximum atomic E-state index is 3.43. The van der Waals surface area contributed by atoms with Gasteiger partial charge in [0, 0.05) is 24.7 Å². The summed E-state index contributed by atoms with van der Waals surface area (Å²) in [6.45, 7) is 6.94. The third kappa shape index (κ3) is 2.28. The van der Waals surface area contributed by atoms with Crippen molar-refractivity contribution in [3.8, 4) is 0 Å². The molecule has 2 rings (SSSR count). The topological polar surface area (TPSA) is 15.3 Å². The normalized spacial score (nSPS) is 28.2. The summed E-state index contributed by atoms with van der Waals surface area (Å²) in [7, 11) is 2.07. The summed E-state index contributed by atoms with van der Waals surface area (Å²) in [6, 6.07) is 11.3. The van der Waals surface area contributed by atoms with Gasteiger partial charge in [-0.2, -0.15) is 0 Å². The fraction of sp³-hybridized carbons (Fsp3) is 0.571. The molecule has 1 aromatic rings. The Bertz CT molecular complexity index is 336. The number of nitrogens with zero attached hydrogens (tertiary/aromatic N) is 1. The molecule has 0 aromatic heterocycles. The van der Waals surface area contributed by atoms with E-state index in [1.165, 1.54) is 18.5 Å². The molecule has 0 spiro atoms. The molecule has 1 fully saturated rings. The number of likely N-dealkylation sites (tertiary alicyclic amines) is 1. The van der Waals surface area contributed by atoms with Crippen LogP contribution < -0.4 is 5.32 Å². The maximum Gasteiger partial charge on any atom is 0.0320 e. The highest BCUT2D eigenvalue weighted by Crippen LogP contribution is 2.28. The van der Waals surface area contributed by atoms with Crippen LogP contribution in [0.4, 0.5) is 0 Å². The van der Waals surface area contributed by atoms with Crippen LogP contribution in [-0.4, -0.2) is 30.6 Å². The molecule has 88 valence electrons. The largest absolute Gasteiger partial charge is 0.313 e. The second-order valence-corrected chi connectivity index (χ2v) is 5.12. The molecule has 0 amide bonds. The average Bonchev–Trinajstić information content (AvgIpc) is 2.73. The van der Waals surface area contributed by atoms with Gasteiger partial charge in [-0.05, 0) is 32.9 Å². The first-order valence-corrected chi connectivity index (χ1v) is 6.12. The molecular formula is C14H22N2. The van der Waals surface area contributed by atoms with E-state index < -0.39 is 0 Å². The van der Waals surface area contributed by atoms with Crippen LogP contribution >= 0.6 is 0 Å². The number of rotatable bonds is 3. The van der Waals surface area contributed by atoms with Crippen molar-refractivity contribution in [1.29, 1.82) is 0 Å². The van der Waals surface area contributed by atoms with Crippen molar-refractivity contribution in [2.24, 2.45) is 0 Å². The van der Waals surface area contributed by atoms with E-state index in [2.05, 4.69) is 61.4 Å². The summed E-state index contributed by atoms with van der Waals surface area (Å²) < 4.78 is 0. The Morgan fingerprint density at radius 2 is 2.00 bits per heavy atom. The Kier molecular flexibility index (Phi) is 3.31. The Morgan fingerprint density at radius 3 is 2.56 bits per heavy atom. The number of hydrogen-bond donors (Lipinski definition) is 1. The fourth-order valence-corrected chi connectivity index (χ4v) is 2.47. The molecule has 0 aliphatic carbocycles. The molecule has 0 radical (unpaired) electrons. The molecule has 2 nitrogen and oxygen atoms in total. The summed E-state index contributed by atoms with van der Waals surface area (Å²) in [6.07, 6.45) is 1.24. The van der Waals surface area contributed by atoms with Crippen molar-refractivity contribution in [1.82, 2.24) is 10.2 Å². The molecule has 2 unspecified atom stereocenters. The van der Waals surface area contributed by atoms with Gasteiger partial charge in [0.25, 0.3) is 0 Å². The van der Waals surface area contributed by atoms with Crippen LogP contribution in [0.5, 0.6) is 0 Å². The Labute approximate surface area is 98.7 Å². The summed E-state index contributed by atoms with van der Waals surface area (Å²) in [4.78, 5) is 2.56. The van der Waals surface area contributed by atoms with Crippen molar-refractivity contribution < 1.29 is 0 Å². The second-order valence-electron chi connectivity index (χ2n) is 5.12. The predicted molar refractivity (Wildman–Crippen MR) is 68.5 cm³/mol. The molecule has 1 N–H and O–H groups in total. The van der Waals surface area contributed by atoms with Crippen molar-refractivity contribution in [3.05, 3.63) is 35.9 Å². The predicted octanol–water partition coefficient (Wildman–Crippen LogP) is 2.43. The monoisotopic (exact) mass is 218 g/mol. The maximum absolute atomic E-state index is 3.43. The molecular weight excluding hydrogens is 196 g/mol. The number of hydrogen-bond acceptors (Lipinski definition) is 2. The molecule has 0 bridgehead atoms. The minimum atomic E-state index is 0.295. The van der Waals surface area contributed by atoms with Gasteiger partial charge in [-0.3, -0.25) is 4.90 Å². The molecule has 1 heterocycles. The first-order chi connectivity index (χ1) is 7.64. The van der Waals surface area contributed by atoms with Crippen LogP contribution in [-0.2, 0) is 0 Å². The van der Waals surface area contributed by atoms with E-state index in [-0.39, 0.29) is 0 Å². The minimum Gasteiger partial charge on any atom is -0.313 e. The lowest BCUT2D eigenvalue weighted by Crippen LogP contribution is -2.42. The quantitative estimate of drug-likeness (QED) is 0.838. The summed E-state index contributed by atoms with van der Waals surface area (Å²) >= 11 is 0. The summed E-state index contributed by atoms with van der Waals surface area (Å²) in [5.74, 6) is 0. The van der Waals surface area contributed by atoms with Crippen LogP contribution in [0, 0.1) is 0 Å². The molecule has 2 heteroatoms. The number of benzene rings is 1.